The molecule has 0 aliphatic carbocycles. The van der Waals surface area contributed by atoms with Crippen molar-refractivity contribution in [2.45, 2.75) is 25.8 Å². The summed E-state index contributed by atoms with van der Waals surface area (Å²) in [7, 11) is 0. The number of amides is 1. The number of hydrogen-bond donors (Lipinski definition) is 1. The maximum absolute atomic E-state index is 11.8. The van der Waals surface area contributed by atoms with Crippen LogP contribution in [0.5, 0.6) is 0 Å². The maximum atomic E-state index is 11.8. The topological polar surface area (TPSA) is 112 Å². The van der Waals surface area contributed by atoms with Crippen molar-refractivity contribution in [3.05, 3.63) is 43.1 Å². The van der Waals surface area contributed by atoms with E-state index < -0.39 is 0 Å². The highest BCUT2D eigenvalue weighted by atomic mass is 16.5. The van der Waals surface area contributed by atoms with Crippen LogP contribution in [-0.2, 0) is 17.8 Å². The van der Waals surface area contributed by atoms with Crippen LogP contribution in [0.1, 0.15) is 18.7 Å². The average molecular weight is 327 g/mol. The number of carbonyl (C=O) groups is 1. The molecule has 1 amide bonds. The molecule has 9 heteroatoms. The standard InChI is InChI=1S/C15H17N7O2/c23-13(4-2-8-22-11-17-10-19-22)18-7-5-14-20-15(21-24-14)12-3-1-6-16-9-12/h1,3,6,9-11H,2,4-5,7-8H2,(H,18,23). The van der Waals surface area contributed by atoms with Crippen molar-refractivity contribution in [2.24, 2.45) is 0 Å². The molecule has 1 N–H and O–H groups in total. The Morgan fingerprint density at radius 3 is 3.08 bits per heavy atom. The zero-order chi connectivity index (χ0) is 16.6. The van der Waals surface area contributed by atoms with Gasteiger partial charge < -0.3 is 9.84 Å². The van der Waals surface area contributed by atoms with E-state index in [9.17, 15) is 4.79 Å². The van der Waals surface area contributed by atoms with Crippen LogP contribution >= 0.6 is 0 Å². The van der Waals surface area contributed by atoms with E-state index in [1.165, 1.54) is 6.33 Å². The Morgan fingerprint density at radius 1 is 1.33 bits per heavy atom. The first kappa shape index (κ1) is 15.8. The lowest BCUT2D eigenvalue weighted by Gasteiger charge is -2.03. The summed E-state index contributed by atoms with van der Waals surface area (Å²) >= 11 is 0. The van der Waals surface area contributed by atoms with E-state index in [4.69, 9.17) is 4.52 Å². The van der Waals surface area contributed by atoms with Crippen LogP contribution in [0.3, 0.4) is 0 Å². The van der Waals surface area contributed by atoms with E-state index >= 15 is 0 Å². The van der Waals surface area contributed by atoms with Crippen LogP contribution < -0.4 is 5.32 Å². The molecule has 0 fully saturated rings. The SMILES string of the molecule is O=C(CCCn1cncn1)NCCc1nc(-c2cccnc2)no1. The molecule has 0 saturated heterocycles. The Kier molecular flexibility index (Phi) is 5.23. The third-order valence-electron chi connectivity index (χ3n) is 3.31. The second-order valence-corrected chi connectivity index (χ2v) is 5.12. The van der Waals surface area contributed by atoms with Crippen LogP contribution in [-0.4, -0.2) is 42.3 Å². The van der Waals surface area contributed by atoms with Gasteiger partial charge in [-0.25, -0.2) is 4.98 Å². The van der Waals surface area contributed by atoms with E-state index in [2.05, 4.69) is 30.5 Å². The highest BCUT2D eigenvalue weighted by molar-refractivity contribution is 5.75. The summed E-state index contributed by atoms with van der Waals surface area (Å²) < 4.78 is 6.87. The molecule has 3 aromatic rings. The van der Waals surface area contributed by atoms with E-state index in [-0.39, 0.29) is 5.91 Å². The number of nitrogens with zero attached hydrogens (tertiary/aromatic N) is 6. The lowest BCUT2D eigenvalue weighted by atomic mass is 10.3. The van der Waals surface area contributed by atoms with Gasteiger partial charge in [0.25, 0.3) is 0 Å². The van der Waals surface area contributed by atoms with Crippen LogP contribution in [0, 0.1) is 0 Å². The summed E-state index contributed by atoms with van der Waals surface area (Å²) in [5, 5.41) is 10.7. The quantitative estimate of drug-likeness (QED) is 0.653. The van der Waals surface area contributed by atoms with Crippen LogP contribution in [0.4, 0.5) is 0 Å². The highest BCUT2D eigenvalue weighted by Gasteiger charge is 2.09. The number of hydrogen-bond acceptors (Lipinski definition) is 7. The lowest BCUT2D eigenvalue weighted by Crippen LogP contribution is -2.25. The van der Waals surface area contributed by atoms with Gasteiger partial charge in [0.15, 0.2) is 0 Å². The minimum atomic E-state index is -0.0119. The molecule has 124 valence electrons. The maximum Gasteiger partial charge on any atom is 0.228 e. The average Bonchev–Trinajstić information content (AvgIpc) is 3.28. The van der Waals surface area contributed by atoms with Gasteiger partial charge in [-0.15, -0.1) is 0 Å². The summed E-state index contributed by atoms with van der Waals surface area (Å²) in [5.74, 6) is 0.969. The van der Waals surface area contributed by atoms with Gasteiger partial charge in [-0.05, 0) is 18.6 Å². The molecule has 0 aromatic carbocycles. The van der Waals surface area contributed by atoms with Crippen molar-refractivity contribution in [1.29, 1.82) is 0 Å². The Bertz CT molecular complexity index is 755. The summed E-state index contributed by atoms with van der Waals surface area (Å²) in [4.78, 5) is 23.9. The zero-order valence-electron chi connectivity index (χ0n) is 13.0. The van der Waals surface area contributed by atoms with Gasteiger partial charge in [-0.2, -0.15) is 10.1 Å². The van der Waals surface area contributed by atoms with Crippen molar-refractivity contribution in [3.63, 3.8) is 0 Å². The molecule has 3 aromatic heterocycles. The van der Waals surface area contributed by atoms with Gasteiger partial charge in [0.1, 0.15) is 12.7 Å². The van der Waals surface area contributed by atoms with Gasteiger partial charge in [-0.1, -0.05) is 5.16 Å². The van der Waals surface area contributed by atoms with Gasteiger partial charge in [0, 0.05) is 43.9 Å². The Balaban J connectivity index is 1.37. The molecular formula is C15H17N7O2. The zero-order valence-corrected chi connectivity index (χ0v) is 13.0. The van der Waals surface area contributed by atoms with Gasteiger partial charge >= 0.3 is 0 Å². The van der Waals surface area contributed by atoms with Crippen molar-refractivity contribution < 1.29 is 9.32 Å². The normalized spacial score (nSPS) is 10.7. The largest absolute Gasteiger partial charge is 0.356 e. The third kappa shape index (κ3) is 4.45. The van der Waals surface area contributed by atoms with E-state index in [1.807, 2.05) is 12.1 Å². The van der Waals surface area contributed by atoms with Crippen molar-refractivity contribution in [2.75, 3.05) is 6.54 Å². The first-order valence-electron chi connectivity index (χ1n) is 7.63. The molecule has 0 aliphatic heterocycles. The first-order chi connectivity index (χ1) is 11.8. The molecule has 3 heterocycles. The lowest BCUT2D eigenvalue weighted by molar-refractivity contribution is -0.121. The first-order valence-corrected chi connectivity index (χ1v) is 7.63. The number of nitrogens with one attached hydrogen (secondary N) is 1. The van der Waals surface area contributed by atoms with E-state index in [1.54, 1.807) is 23.4 Å². The Hall–Kier alpha value is -3.10. The fourth-order valence-corrected chi connectivity index (χ4v) is 2.12. The predicted octanol–water partition coefficient (Wildman–Crippen LogP) is 0.862. The van der Waals surface area contributed by atoms with Crippen LogP contribution in [0.25, 0.3) is 11.4 Å². The smallest absolute Gasteiger partial charge is 0.228 e. The molecular weight excluding hydrogens is 310 g/mol. The molecule has 0 bridgehead atoms. The summed E-state index contributed by atoms with van der Waals surface area (Å²) in [6.45, 7) is 1.13. The third-order valence-corrected chi connectivity index (χ3v) is 3.31. The number of aryl methyl sites for hydroxylation is 1. The molecule has 0 radical (unpaired) electrons. The Labute approximate surface area is 138 Å². The molecule has 0 spiro atoms. The fraction of sp³-hybridized carbons (Fsp3) is 0.333. The van der Waals surface area contributed by atoms with Crippen molar-refractivity contribution >= 4 is 5.91 Å². The van der Waals surface area contributed by atoms with E-state index in [0.717, 1.165) is 5.56 Å². The summed E-state index contributed by atoms with van der Waals surface area (Å²) in [6.07, 6.45) is 8.10. The fourth-order valence-electron chi connectivity index (χ4n) is 2.12. The molecule has 0 unspecified atom stereocenters. The number of rotatable bonds is 8. The molecule has 24 heavy (non-hydrogen) atoms. The summed E-state index contributed by atoms with van der Waals surface area (Å²) in [6, 6.07) is 3.67. The minimum absolute atomic E-state index is 0.0119. The summed E-state index contributed by atoms with van der Waals surface area (Å²) in [5.41, 5.74) is 0.796. The monoisotopic (exact) mass is 327 g/mol. The van der Waals surface area contributed by atoms with E-state index in [0.29, 0.717) is 44.1 Å². The minimum Gasteiger partial charge on any atom is -0.356 e. The second kappa shape index (κ2) is 7.95. The van der Waals surface area contributed by atoms with Crippen LogP contribution in [0.15, 0.2) is 41.7 Å². The van der Waals surface area contributed by atoms with Crippen molar-refractivity contribution in [1.82, 2.24) is 35.2 Å². The number of carbonyl (C=O) groups excluding carboxylic acids is 1. The van der Waals surface area contributed by atoms with Crippen molar-refractivity contribution in [3.8, 4) is 11.4 Å². The van der Waals surface area contributed by atoms with Gasteiger partial charge in [0.05, 0.1) is 0 Å². The molecule has 9 nitrogen and oxygen atoms in total. The molecule has 0 atom stereocenters. The number of aromatic nitrogens is 6. The second-order valence-electron chi connectivity index (χ2n) is 5.12. The number of pyridine rings is 1. The predicted molar refractivity (Wildman–Crippen MR) is 83.5 cm³/mol. The van der Waals surface area contributed by atoms with Gasteiger partial charge in [0.2, 0.25) is 17.6 Å². The molecule has 0 saturated carbocycles. The molecule has 0 aliphatic rings. The highest BCUT2D eigenvalue weighted by Crippen LogP contribution is 2.13. The Morgan fingerprint density at radius 2 is 2.29 bits per heavy atom. The van der Waals surface area contributed by atoms with Gasteiger partial charge in [-0.3, -0.25) is 14.5 Å². The molecule has 3 rings (SSSR count). The van der Waals surface area contributed by atoms with Crippen LogP contribution in [0.2, 0.25) is 0 Å².